The predicted octanol–water partition coefficient (Wildman–Crippen LogP) is 10.7. The van der Waals surface area contributed by atoms with Gasteiger partial charge in [0, 0.05) is 39.2 Å². The highest BCUT2D eigenvalue weighted by Crippen LogP contribution is 2.47. The topological polar surface area (TPSA) is 6.48 Å². The summed E-state index contributed by atoms with van der Waals surface area (Å²) in [6, 6.07) is 47.6. The van der Waals surface area contributed by atoms with Crippen molar-refractivity contribution in [2.45, 2.75) is 12.1 Å². The van der Waals surface area contributed by atoms with E-state index in [-0.39, 0.29) is 0 Å². The Morgan fingerprint density at radius 1 is 0.500 bits per heavy atom. The average Bonchev–Trinajstić information content (AvgIpc) is 3.00. The van der Waals surface area contributed by atoms with Gasteiger partial charge < -0.3 is 9.80 Å². The van der Waals surface area contributed by atoms with Crippen molar-refractivity contribution in [1.29, 1.82) is 0 Å². The molecule has 40 heavy (non-hydrogen) atoms. The van der Waals surface area contributed by atoms with Crippen molar-refractivity contribution in [1.82, 2.24) is 0 Å². The van der Waals surface area contributed by atoms with Crippen molar-refractivity contribution in [3.8, 4) is 0 Å². The summed E-state index contributed by atoms with van der Waals surface area (Å²) in [5.41, 5.74) is 5.77. The molecule has 1 aliphatic carbocycles. The van der Waals surface area contributed by atoms with E-state index in [1.54, 1.807) is 0 Å². The number of hydrogen-bond acceptors (Lipinski definition) is 2. The average molecular weight is 560 g/mol. The highest BCUT2D eigenvalue weighted by atomic mass is 35.5. The fraction of sp³-hybridized carbons (Fsp3) is 0.0556. The van der Waals surface area contributed by atoms with Crippen LogP contribution in [-0.4, -0.2) is 5.66 Å². The second kappa shape index (κ2) is 11.5. The Morgan fingerprint density at radius 2 is 0.950 bits per heavy atom. The van der Waals surface area contributed by atoms with Gasteiger partial charge in [-0.3, -0.25) is 0 Å². The number of hydrogen-bond donors (Lipinski definition) is 0. The first-order valence-corrected chi connectivity index (χ1v) is 14.1. The van der Waals surface area contributed by atoms with Crippen LogP contribution in [0.2, 0.25) is 10.0 Å². The lowest BCUT2D eigenvalue weighted by atomic mass is 9.88. The Hall–Kier alpha value is -4.24. The molecule has 0 N–H and O–H groups in total. The molecule has 0 saturated carbocycles. The van der Waals surface area contributed by atoms with E-state index in [0.717, 1.165) is 22.7 Å². The van der Waals surface area contributed by atoms with Crippen LogP contribution in [0.25, 0.3) is 5.57 Å². The standard InChI is InChI=1S/C36H28Cl2N2/c37-30-14-10-20-34(26-30)39(32-16-6-2-7-17-32)36(24-22-29(23-25-36)28-12-4-1-5-13-28)40(33-18-8-3-9-19-33)35-21-11-15-31(38)27-35/h1-24,26-27H,25H2. The third-order valence-electron chi connectivity index (χ3n) is 7.20. The van der Waals surface area contributed by atoms with Gasteiger partial charge in [0.15, 0.2) is 0 Å². The largest absolute Gasteiger partial charge is 0.314 e. The van der Waals surface area contributed by atoms with Crippen LogP contribution >= 0.6 is 23.2 Å². The Balaban J connectivity index is 1.63. The number of halogens is 2. The van der Waals surface area contributed by atoms with E-state index in [1.165, 1.54) is 11.1 Å². The molecule has 0 aromatic heterocycles. The molecule has 6 rings (SSSR count). The van der Waals surface area contributed by atoms with Crippen molar-refractivity contribution in [2.75, 3.05) is 9.80 Å². The van der Waals surface area contributed by atoms with Gasteiger partial charge in [0.05, 0.1) is 0 Å². The molecule has 0 saturated heterocycles. The zero-order valence-electron chi connectivity index (χ0n) is 21.9. The van der Waals surface area contributed by atoms with Gasteiger partial charge >= 0.3 is 0 Å². The maximum absolute atomic E-state index is 6.61. The van der Waals surface area contributed by atoms with Crippen LogP contribution in [0.3, 0.4) is 0 Å². The van der Waals surface area contributed by atoms with E-state index in [2.05, 4.69) is 113 Å². The number of rotatable bonds is 7. The van der Waals surface area contributed by atoms with Gasteiger partial charge in [-0.15, -0.1) is 0 Å². The van der Waals surface area contributed by atoms with E-state index in [9.17, 15) is 0 Å². The van der Waals surface area contributed by atoms with Gasteiger partial charge in [-0.25, -0.2) is 0 Å². The van der Waals surface area contributed by atoms with Crippen LogP contribution < -0.4 is 9.80 Å². The van der Waals surface area contributed by atoms with E-state index in [1.807, 2.05) is 54.6 Å². The molecule has 1 aliphatic rings. The predicted molar refractivity (Wildman–Crippen MR) is 171 cm³/mol. The van der Waals surface area contributed by atoms with E-state index < -0.39 is 5.66 Å². The van der Waals surface area contributed by atoms with Crippen molar-refractivity contribution in [3.63, 3.8) is 0 Å². The number of para-hydroxylation sites is 2. The van der Waals surface area contributed by atoms with Gasteiger partial charge in [0.2, 0.25) is 0 Å². The van der Waals surface area contributed by atoms with E-state index in [4.69, 9.17) is 23.2 Å². The maximum atomic E-state index is 6.61. The lowest BCUT2D eigenvalue weighted by molar-refractivity contribution is 0.526. The monoisotopic (exact) mass is 558 g/mol. The first-order valence-electron chi connectivity index (χ1n) is 13.3. The molecule has 0 heterocycles. The minimum atomic E-state index is -0.684. The molecule has 0 amide bonds. The van der Waals surface area contributed by atoms with Gasteiger partial charge in [0.1, 0.15) is 5.66 Å². The zero-order chi connectivity index (χ0) is 27.4. The first kappa shape index (κ1) is 26.0. The van der Waals surface area contributed by atoms with Crippen LogP contribution in [0.4, 0.5) is 22.7 Å². The molecule has 5 aromatic carbocycles. The molecular weight excluding hydrogens is 531 g/mol. The summed E-state index contributed by atoms with van der Waals surface area (Å²) in [7, 11) is 0. The minimum Gasteiger partial charge on any atom is -0.314 e. The summed E-state index contributed by atoms with van der Waals surface area (Å²) < 4.78 is 0. The van der Waals surface area contributed by atoms with Gasteiger partial charge in [-0.1, -0.05) is 114 Å². The van der Waals surface area contributed by atoms with Crippen LogP contribution in [-0.2, 0) is 0 Å². The Kier molecular flexibility index (Phi) is 7.46. The highest BCUT2D eigenvalue weighted by Gasteiger charge is 2.43. The van der Waals surface area contributed by atoms with Gasteiger partial charge in [0.25, 0.3) is 0 Å². The van der Waals surface area contributed by atoms with Crippen molar-refractivity contribution in [3.05, 3.63) is 173 Å². The molecule has 0 fully saturated rings. The lowest BCUT2D eigenvalue weighted by Crippen LogP contribution is -2.57. The number of benzene rings is 5. The third kappa shape index (κ3) is 5.16. The number of nitrogens with zero attached hydrogens (tertiary/aromatic N) is 2. The second-order valence-corrected chi connectivity index (χ2v) is 10.6. The Bertz CT molecular complexity index is 1560. The summed E-state index contributed by atoms with van der Waals surface area (Å²) in [5.74, 6) is 0. The highest BCUT2D eigenvalue weighted by molar-refractivity contribution is 6.31. The van der Waals surface area contributed by atoms with Crippen molar-refractivity contribution < 1.29 is 0 Å². The normalized spacial score (nSPS) is 13.9. The van der Waals surface area contributed by atoms with Gasteiger partial charge in [-0.2, -0.15) is 0 Å². The fourth-order valence-electron chi connectivity index (χ4n) is 5.47. The molecule has 0 bridgehead atoms. The first-order chi connectivity index (χ1) is 19.6. The minimum absolute atomic E-state index is 0.683. The molecular formula is C36H28Cl2N2. The fourth-order valence-corrected chi connectivity index (χ4v) is 5.84. The quantitative estimate of drug-likeness (QED) is 0.183. The second-order valence-electron chi connectivity index (χ2n) is 9.74. The molecule has 0 spiro atoms. The van der Waals surface area contributed by atoms with Crippen LogP contribution in [0.1, 0.15) is 12.0 Å². The van der Waals surface area contributed by atoms with E-state index in [0.29, 0.717) is 16.5 Å². The molecule has 196 valence electrons. The van der Waals surface area contributed by atoms with Crippen LogP contribution in [0.15, 0.2) is 158 Å². The molecule has 2 nitrogen and oxygen atoms in total. The lowest BCUT2D eigenvalue weighted by Gasteiger charge is -2.52. The molecule has 5 aromatic rings. The SMILES string of the molecule is Clc1cccc(N(c2ccccc2)C2(N(c3ccccc3)c3cccc(Cl)c3)C=CC(c3ccccc3)=CC2)c1. The molecule has 0 unspecified atom stereocenters. The smallest absolute Gasteiger partial charge is 0.145 e. The molecule has 4 heteroatoms. The summed E-state index contributed by atoms with van der Waals surface area (Å²) in [5, 5.41) is 1.37. The van der Waals surface area contributed by atoms with Gasteiger partial charge in [-0.05, 0) is 77.9 Å². The summed E-state index contributed by atoms with van der Waals surface area (Å²) in [6.45, 7) is 0. The summed E-state index contributed by atoms with van der Waals surface area (Å²) in [4.78, 5) is 4.75. The summed E-state index contributed by atoms with van der Waals surface area (Å²) in [6.07, 6.45) is 7.57. The van der Waals surface area contributed by atoms with E-state index >= 15 is 0 Å². The maximum Gasteiger partial charge on any atom is 0.145 e. The number of anilines is 4. The summed E-state index contributed by atoms with van der Waals surface area (Å²) >= 11 is 13.2. The van der Waals surface area contributed by atoms with Crippen LogP contribution in [0, 0.1) is 0 Å². The van der Waals surface area contributed by atoms with Crippen LogP contribution in [0.5, 0.6) is 0 Å². The molecule has 0 aliphatic heterocycles. The molecule has 0 radical (unpaired) electrons. The Labute approximate surface area is 246 Å². The van der Waals surface area contributed by atoms with Crippen molar-refractivity contribution >= 4 is 51.5 Å². The third-order valence-corrected chi connectivity index (χ3v) is 7.67. The number of allylic oxidation sites excluding steroid dienone is 2. The Morgan fingerprint density at radius 3 is 1.38 bits per heavy atom. The van der Waals surface area contributed by atoms with Crippen molar-refractivity contribution in [2.24, 2.45) is 0 Å². The molecule has 0 atom stereocenters. The zero-order valence-corrected chi connectivity index (χ0v) is 23.4.